The lowest BCUT2D eigenvalue weighted by Gasteiger charge is -2.36. The lowest BCUT2D eigenvalue weighted by molar-refractivity contribution is -0.129. The van der Waals surface area contributed by atoms with E-state index in [1.54, 1.807) is 26.0 Å². The Bertz CT molecular complexity index is 880. The van der Waals surface area contributed by atoms with Gasteiger partial charge in [0.15, 0.2) is 9.84 Å². The number of sulfone groups is 1. The van der Waals surface area contributed by atoms with E-state index in [1.165, 1.54) is 17.0 Å². The molecule has 7 nitrogen and oxygen atoms in total. The van der Waals surface area contributed by atoms with E-state index in [2.05, 4.69) is 5.32 Å². The molecule has 1 aliphatic carbocycles. The minimum Gasteiger partial charge on any atom is -0.351 e. The van der Waals surface area contributed by atoms with Gasteiger partial charge in [-0.2, -0.15) is 0 Å². The van der Waals surface area contributed by atoms with Crippen LogP contribution < -0.4 is 5.32 Å². The number of amides is 3. The Balaban J connectivity index is 1.65. The van der Waals surface area contributed by atoms with Crippen molar-refractivity contribution in [1.82, 2.24) is 10.2 Å². The second kappa shape index (κ2) is 8.87. The second-order valence-corrected chi connectivity index (χ2v) is 11.2. The number of carbonyl (C=O) groups excluding carboxylic acids is 3. The SMILES string of the molecule is CC(C)S(=O)(=O)c1ccc(CC(=O)NC2CCCCC2N2C(=O)CSC2=O)cc1. The molecule has 0 aromatic heterocycles. The number of hydrogen-bond donors (Lipinski definition) is 1. The molecule has 2 aliphatic rings. The molecule has 1 saturated heterocycles. The summed E-state index contributed by atoms with van der Waals surface area (Å²) >= 11 is 1.01. The molecule has 0 bridgehead atoms. The summed E-state index contributed by atoms with van der Waals surface area (Å²) in [6.45, 7) is 3.26. The second-order valence-electron chi connectivity index (χ2n) is 7.76. The zero-order valence-corrected chi connectivity index (χ0v) is 18.2. The molecule has 3 rings (SSSR count). The van der Waals surface area contributed by atoms with Gasteiger partial charge in [0.05, 0.1) is 28.4 Å². The predicted molar refractivity (Wildman–Crippen MR) is 111 cm³/mol. The molecular formula is C20H26N2O5S2. The Kier molecular flexibility index (Phi) is 6.68. The van der Waals surface area contributed by atoms with Crippen LogP contribution in [0.2, 0.25) is 0 Å². The Morgan fingerprint density at radius 1 is 1.17 bits per heavy atom. The number of imide groups is 1. The van der Waals surface area contributed by atoms with Gasteiger partial charge in [-0.15, -0.1) is 0 Å². The average molecular weight is 439 g/mol. The predicted octanol–water partition coefficient (Wildman–Crippen LogP) is 2.53. The largest absolute Gasteiger partial charge is 0.351 e. The van der Waals surface area contributed by atoms with Crippen molar-refractivity contribution in [3.63, 3.8) is 0 Å². The van der Waals surface area contributed by atoms with Gasteiger partial charge in [0.1, 0.15) is 0 Å². The molecule has 2 atom stereocenters. The molecule has 158 valence electrons. The normalized spacial score (nSPS) is 22.9. The van der Waals surface area contributed by atoms with Gasteiger partial charge in [0.2, 0.25) is 11.8 Å². The minimum atomic E-state index is -3.34. The fourth-order valence-corrected chi connectivity index (χ4v) is 5.61. The lowest BCUT2D eigenvalue weighted by Crippen LogP contribution is -2.55. The highest BCUT2D eigenvalue weighted by Crippen LogP contribution is 2.30. The zero-order chi connectivity index (χ0) is 21.2. The molecule has 29 heavy (non-hydrogen) atoms. The van der Waals surface area contributed by atoms with Crippen molar-refractivity contribution in [3.05, 3.63) is 29.8 Å². The third kappa shape index (κ3) is 4.83. The first-order valence-electron chi connectivity index (χ1n) is 9.81. The molecule has 0 spiro atoms. The zero-order valence-electron chi connectivity index (χ0n) is 16.6. The van der Waals surface area contributed by atoms with Gasteiger partial charge in [-0.25, -0.2) is 8.42 Å². The van der Waals surface area contributed by atoms with Crippen LogP contribution >= 0.6 is 11.8 Å². The van der Waals surface area contributed by atoms with Crippen LogP contribution in [0.15, 0.2) is 29.2 Å². The Labute approximate surface area is 175 Å². The quantitative estimate of drug-likeness (QED) is 0.733. The standard InChI is InChI=1S/C20H26N2O5S2/c1-13(2)29(26,27)15-9-7-14(8-10-15)11-18(23)21-16-5-3-4-6-17(16)22-19(24)12-28-20(22)25/h7-10,13,16-17H,3-6,11-12H2,1-2H3,(H,21,23). The maximum Gasteiger partial charge on any atom is 0.289 e. The van der Waals surface area contributed by atoms with Gasteiger partial charge >= 0.3 is 0 Å². The number of hydrogen-bond acceptors (Lipinski definition) is 6. The van der Waals surface area contributed by atoms with E-state index in [-0.39, 0.29) is 46.2 Å². The number of nitrogens with one attached hydrogen (secondary N) is 1. The first-order chi connectivity index (χ1) is 13.7. The molecule has 0 radical (unpaired) electrons. The van der Waals surface area contributed by atoms with E-state index >= 15 is 0 Å². The van der Waals surface area contributed by atoms with Crippen molar-refractivity contribution >= 4 is 38.7 Å². The maximum atomic E-state index is 12.6. The molecule has 1 aromatic carbocycles. The number of thioether (sulfide) groups is 1. The fraction of sp³-hybridized carbons (Fsp3) is 0.550. The first kappa shape index (κ1) is 21.8. The molecule has 2 fully saturated rings. The van der Waals surface area contributed by atoms with E-state index in [0.717, 1.165) is 31.0 Å². The summed E-state index contributed by atoms with van der Waals surface area (Å²) in [5.74, 6) is -0.219. The van der Waals surface area contributed by atoms with Crippen LogP contribution in [0.5, 0.6) is 0 Å². The topological polar surface area (TPSA) is 101 Å². The number of nitrogens with zero attached hydrogens (tertiary/aromatic N) is 1. The van der Waals surface area contributed by atoms with E-state index in [1.807, 2.05) is 0 Å². The van der Waals surface area contributed by atoms with Gasteiger partial charge < -0.3 is 5.32 Å². The van der Waals surface area contributed by atoms with Crippen molar-refractivity contribution in [3.8, 4) is 0 Å². The third-order valence-electron chi connectivity index (χ3n) is 5.43. The van der Waals surface area contributed by atoms with Crippen LogP contribution in [0.1, 0.15) is 45.1 Å². The number of carbonyl (C=O) groups is 3. The fourth-order valence-electron chi connectivity index (χ4n) is 3.79. The van der Waals surface area contributed by atoms with Crippen molar-refractivity contribution in [2.75, 3.05) is 5.75 Å². The molecule has 1 aliphatic heterocycles. The maximum absolute atomic E-state index is 12.6. The third-order valence-corrected chi connectivity index (χ3v) is 8.43. The molecule has 2 unspecified atom stereocenters. The van der Waals surface area contributed by atoms with Crippen LogP contribution in [0, 0.1) is 0 Å². The van der Waals surface area contributed by atoms with Crippen molar-refractivity contribution in [1.29, 1.82) is 0 Å². The molecule has 1 N–H and O–H groups in total. The molecule has 1 heterocycles. The Morgan fingerprint density at radius 3 is 2.41 bits per heavy atom. The van der Waals surface area contributed by atoms with Gasteiger partial charge in [-0.1, -0.05) is 36.7 Å². The molecule has 1 saturated carbocycles. The van der Waals surface area contributed by atoms with Gasteiger partial charge in [-0.05, 0) is 44.4 Å². The molecule has 9 heteroatoms. The van der Waals surface area contributed by atoms with E-state index in [9.17, 15) is 22.8 Å². The smallest absolute Gasteiger partial charge is 0.289 e. The summed E-state index contributed by atoms with van der Waals surface area (Å²) < 4.78 is 24.4. The Morgan fingerprint density at radius 2 is 1.83 bits per heavy atom. The first-order valence-corrected chi connectivity index (χ1v) is 12.3. The van der Waals surface area contributed by atoms with Crippen molar-refractivity contribution < 1.29 is 22.8 Å². The summed E-state index contributed by atoms with van der Waals surface area (Å²) in [6, 6.07) is 5.82. The highest BCUT2D eigenvalue weighted by molar-refractivity contribution is 8.14. The monoisotopic (exact) mass is 438 g/mol. The summed E-state index contributed by atoms with van der Waals surface area (Å²) in [5.41, 5.74) is 0.710. The van der Waals surface area contributed by atoms with Crippen LogP contribution in [0.4, 0.5) is 4.79 Å². The van der Waals surface area contributed by atoms with E-state index in [0.29, 0.717) is 12.0 Å². The summed E-state index contributed by atoms with van der Waals surface area (Å²) in [6.07, 6.45) is 3.40. The van der Waals surface area contributed by atoms with Gasteiger partial charge in [-0.3, -0.25) is 19.3 Å². The molecule has 3 amide bonds. The summed E-state index contributed by atoms with van der Waals surface area (Å²) in [4.78, 5) is 38.3. The van der Waals surface area contributed by atoms with Crippen LogP contribution in [-0.4, -0.2) is 53.5 Å². The Hall–Kier alpha value is -1.87. The summed E-state index contributed by atoms with van der Waals surface area (Å²) in [5, 5.41) is 2.25. The average Bonchev–Trinajstić information content (AvgIpc) is 3.01. The summed E-state index contributed by atoms with van der Waals surface area (Å²) in [7, 11) is -3.34. The van der Waals surface area contributed by atoms with Gasteiger partial charge in [0.25, 0.3) is 5.24 Å². The van der Waals surface area contributed by atoms with Crippen LogP contribution in [0.25, 0.3) is 0 Å². The number of rotatable bonds is 6. The van der Waals surface area contributed by atoms with Crippen LogP contribution in [0.3, 0.4) is 0 Å². The highest BCUT2D eigenvalue weighted by atomic mass is 32.2. The molecule has 1 aromatic rings. The van der Waals surface area contributed by atoms with Crippen molar-refractivity contribution in [2.45, 2.75) is 68.2 Å². The van der Waals surface area contributed by atoms with E-state index in [4.69, 9.17) is 0 Å². The minimum absolute atomic E-state index is 0.113. The number of benzene rings is 1. The van der Waals surface area contributed by atoms with Gasteiger partial charge in [0, 0.05) is 6.04 Å². The van der Waals surface area contributed by atoms with E-state index < -0.39 is 15.1 Å². The molecular weight excluding hydrogens is 412 g/mol. The van der Waals surface area contributed by atoms with Crippen molar-refractivity contribution in [2.24, 2.45) is 0 Å². The van der Waals surface area contributed by atoms with Crippen LogP contribution in [-0.2, 0) is 25.8 Å². The highest BCUT2D eigenvalue weighted by Gasteiger charge is 2.41. The lowest BCUT2D eigenvalue weighted by atomic mass is 9.89.